The van der Waals surface area contributed by atoms with Crippen molar-refractivity contribution in [2.24, 2.45) is 0 Å². The van der Waals surface area contributed by atoms with E-state index >= 15 is 0 Å². The van der Waals surface area contributed by atoms with E-state index in [-0.39, 0.29) is 17.6 Å². The molecule has 0 bridgehead atoms. The van der Waals surface area contributed by atoms with Crippen molar-refractivity contribution < 1.29 is 14.3 Å². The van der Waals surface area contributed by atoms with Gasteiger partial charge in [-0.05, 0) is 31.7 Å². The molecule has 0 radical (unpaired) electrons. The molecule has 1 N–H and O–H groups in total. The maximum atomic E-state index is 11.9. The molecule has 0 unspecified atom stereocenters. The maximum absolute atomic E-state index is 11.9. The SMILES string of the molecule is CCOC(=O)CCCNC(=O)CSc1nnc(-c2cccs2)n1CC. The lowest BCUT2D eigenvalue weighted by Crippen LogP contribution is -2.26. The fraction of sp³-hybridized carbons (Fsp3) is 0.500. The van der Waals surface area contributed by atoms with E-state index in [1.165, 1.54) is 11.8 Å². The van der Waals surface area contributed by atoms with Crippen molar-refractivity contribution in [1.82, 2.24) is 20.1 Å². The monoisotopic (exact) mass is 382 g/mol. The van der Waals surface area contributed by atoms with Crippen LogP contribution >= 0.6 is 23.1 Å². The van der Waals surface area contributed by atoms with Gasteiger partial charge in [-0.2, -0.15) is 0 Å². The zero-order valence-corrected chi connectivity index (χ0v) is 16.0. The maximum Gasteiger partial charge on any atom is 0.305 e. The fourth-order valence-electron chi connectivity index (χ4n) is 2.14. The number of amides is 1. The third-order valence-electron chi connectivity index (χ3n) is 3.29. The predicted molar refractivity (Wildman–Crippen MR) is 98.6 cm³/mol. The van der Waals surface area contributed by atoms with Crippen LogP contribution in [0.25, 0.3) is 10.7 Å². The van der Waals surface area contributed by atoms with Crippen molar-refractivity contribution in [1.29, 1.82) is 0 Å². The van der Waals surface area contributed by atoms with E-state index in [4.69, 9.17) is 4.74 Å². The highest BCUT2D eigenvalue weighted by molar-refractivity contribution is 7.99. The van der Waals surface area contributed by atoms with E-state index in [1.54, 1.807) is 18.3 Å². The van der Waals surface area contributed by atoms with Crippen LogP contribution in [0.5, 0.6) is 0 Å². The molecule has 0 aliphatic carbocycles. The summed E-state index contributed by atoms with van der Waals surface area (Å²) >= 11 is 2.97. The number of hydrogen-bond acceptors (Lipinski definition) is 7. The van der Waals surface area contributed by atoms with Gasteiger partial charge in [-0.3, -0.25) is 9.59 Å². The summed E-state index contributed by atoms with van der Waals surface area (Å²) in [4.78, 5) is 24.2. The predicted octanol–water partition coefficient (Wildman–Crippen LogP) is 2.58. The minimum Gasteiger partial charge on any atom is -0.466 e. The van der Waals surface area contributed by atoms with Gasteiger partial charge in [-0.25, -0.2) is 0 Å². The van der Waals surface area contributed by atoms with Gasteiger partial charge in [0.05, 0.1) is 17.2 Å². The summed E-state index contributed by atoms with van der Waals surface area (Å²) in [5, 5.41) is 14.0. The zero-order valence-electron chi connectivity index (χ0n) is 14.4. The molecule has 136 valence electrons. The number of nitrogens with zero attached hydrogens (tertiary/aromatic N) is 3. The number of esters is 1. The van der Waals surface area contributed by atoms with Crippen LogP contribution in [-0.4, -0.2) is 45.5 Å². The highest BCUT2D eigenvalue weighted by Crippen LogP contribution is 2.26. The summed E-state index contributed by atoms with van der Waals surface area (Å²) in [5.74, 6) is 0.775. The van der Waals surface area contributed by atoms with Crippen LogP contribution in [0, 0.1) is 0 Å². The van der Waals surface area contributed by atoms with E-state index in [0.717, 1.165) is 22.4 Å². The summed E-state index contributed by atoms with van der Waals surface area (Å²) in [6, 6.07) is 3.98. The second-order valence-corrected chi connectivity index (χ2v) is 6.97. The van der Waals surface area contributed by atoms with Crippen LogP contribution in [0.3, 0.4) is 0 Å². The normalized spacial score (nSPS) is 10.6. The van der Waals surface area contributed by atoms with Crippen LogP contribution in [0.2, 0.25) is 0 Å². The van der Waals surface area contributed by atoms with Gasteiger partial charge in [0, 0.05) is 19.5 Å². The molecule has 2 heterocycles. The Labute approximate surface area is 155 Å². The van der Waals surface area contributed by atoms with E-state index in [9.17, 15) is 9.59 Å². The summed E-state index contributed by atoms with van der Waals surface area (Å²) in [5.41, 5.74) is 0. The fourth-order valence-corrected chi connectivity index (χ4v) is 3.69. The topological polar surface area (TPSA) is 86.1 Å². The van der Waals surface area contributed by atoms with Gasteiger partial charge >= 0.3 is 5.97 Å². The van der Waals surface area contributed by atoms with Crippen molar-refractivity contribution in [2.75, 3.05) is 18.9 Å². The van der Waals surface area contributed by atoms with Gasteiger partial charge in [-0.15, -0.1) is 21.5 Å². The molecule has 0 atom stereocenters. The lowest BCUT2D eigenvalue weighted by molar-refractivity contribution is -0.143. The first-order valence-electron chi connectivity index (χ1n) is 8.17. The van der Waals surface area contributed by atoms with Gasteiger partial charge in [-0.1, -0.05) is 17.8 Å². The average molecular weight is 383 g/mol. The van der Waals surface area contributed by atoms with Crippen LogP contribution < -0.4 is 5.32 Å². The van der Waals surface area contributed by atoms with E-state index in [2.05, 4.69) is 15.5 Å². The first kappa shape index (κ1) is 19.5. The Bertz CT molecular complexity index is 686. The Balaban J connectivity index is 1.77. The van der Waals surface area contributed by atoms with Gasteiger partial charge in [0.2, 0.25) is 5.91 Å². The molecular weight excluding hydrogens is 360 g/mol. The number of carbonyl (C=O) groups excluding carboxylic acids is 2. The highest BCUT2D eigenvalue weighted by atomic mass is 32.2. The Morgan fingerprint density at radius 2 is 2.20 bits per heavy atom. The molecule has 1 amide bonds. The molecule has 0 saturated heterocycles. The van der Waals surface area contributed by atoms with Crippen molar-refractivity contribution >= 4 is 35.0 Å². The number of thioether (sulfide) groups is 1. The smallest absolute Gasteiger partial charge is 0.305 e. The van der Waals surface area contributed by atoms with E-state index < -0.39 is 0 Å². The largest absolute Gasteiger partial charge is 0.466 e. The van der Waals surface area contributed by atoms with Crippen LogP contribution in [0.15, 0.2) is 22.7 Å². The number of ether oxygens (including phenoxy) is 1. The number of hydrogen-bond donors (Lipinski definition) is 1. The molecule has 7 nitrogen and oxygen atoms in total. The summed E-state index contributed by atoms with van der Waals surface area (Å²) in [6.45, 7) is 5.38. The Hall–Kier alpha value is -1.87. The molecular formula is C16H22N4O3S2. The van der Waals surface area contributed by atoms with Crippen LogP contribution in [0.4, 0.5) is 0 Å². The Kier molecular flexibility index (Phi) is 7.93. The Morgan fingerprint density at radius 1 is 1.36 bits per heavy atom. The van der Waals surface area contributed by atoms with Crippen LogP contribution in [-0.2, 0) is 20.9 Å². The average Bonchev–Trinajstić information content (AvgIpc) is 3.25. The van der Waals surface area contributed by atoms with Crippen LogP contribution in [0.1, 0.15) is 26.7 Å². The van der Waals surface area contributed by atoms with Gasteiger partial charge in [0.15, 0.2) is 11.0 Å². The number of nitrogens with one attached hydrogen (secondary N) is 1. The van der Waals surface area contributed by atoms with Crippen molar-refractivity contribution in [3.05, 3.63) is 17.5 Å². The lowest BCUT2D eigenvalue weighted by Gasteiger charge is -2.07. The third kappa shape index (κ3) is 5.86. The second-order valence-electron chi connectivity index (χ2n) is 5.07. The van der Waals surface area contributed by atoms with Gasteiger partial charge in [0.1, 0.15) is 0 Å². The number of thiophene rings is 1. The van der Waals surface area contributed by atoms with E-state index in [1.807, 2.05) is 29.0 Å². The minimum absolute atomic E-state index is 0.0859. The first-order valence-corrected chi connectivity index (χ1v) is 10.0. The summed E-state index contributed by atoms with van der Waals surface area (Å²) in [6.07, 6.45) is 0.887. The number of rotatable bonds is 10. The summed E-state index contributed by atoms with van der Waals surface area (Å²) in [7, 11) is 0. The molecule has 0 saturated carbocycles. The number of carbonyl (C=O) groups is 2. The summed E-state index contributed by atoms with van der Waals surface area (Å²) < 4.78 is 6.84. The molecule has 9 heteroatoms. The lowest BCUT2D eigenvalue weighted by atomic mass is 10.3. The first-order chi connectivity index (χ1) is 12.2. The molecule has 0 fully saturated rings. The van der Waals surface area contributed by atoms with Crippen molar-refractivity contribution in [3.8, 4) is 10.7 Å². The second kappa shape index (κ2) is 10.2. The minimum atomic E-state index is -0.233. The highest BCUT2D eigenvalue weighted by Gasteiger charge is 2.15. The van der Waals surface area contributed by atoms with Crippen molar-refractivity contribution in [2.45, 2.75) is 38.4 Å². The van der Waals surface area contributed by atoms with Crippen molar-refractivity contribution in [3.63, 3.8) is 0 Å². The molecule has 2 rings (SSSR count). The molecule has 2 aromatic heterocycles. The molecule has 0 spiro atoms. The third-order valence-corrected chi connectivity index (χ3v) is 5.12. The molecule has 2 aromatic rings. The molecule has 0 aliphatic rings. The zero-order chi connectivity index (χ0) is 18.1. The van der Waals surface area contributed by atoms with Gasteiger partial charge < -0.3 is 14.6 Å². The standard InChI is InChI=1S/C16H22N4O3S2/c1-3-20-15(12-7-6-10-24-12)18-19-16(20)25-11-13(21)17-9-5-8-14(22)23-4-2/h6-7,10H,3-5,8-9,11H2,1-2H3,(H,17,21). The Morgan fingerprint density at radius 3 is 2.88 bits per heavy atom. The molecule has 0 aromatic carbocycles. The number of aromatic nitrogens is 3. The van der Waals surface area contributed by atoms with Gasteiger partial charge in [0.25, 0.3) is 0 Å². The molecule has 0 aliphatic heterocycles. The molecule has 25 heavy (non-hydrogen) atoms. The van der Waals surface area contributed by atoms with E-state index in [0.29, 0.717) is 26.0 Å². The quantitative estimate of drug-likeness (QED) is 0.386.